The molecule has 0 aliphatic rings. The summed E-state index contributed by atoms with van der Waals surface area (Å²) in [5.74, 6) is 1.45. The molecule has 1 aromatic carbocycles. The van der Waals surface area contributed by atoms with E-state index in [4.69, 9.17) is 14.2 Å². The lowest BCUT2D eigenvalue weighted by Gasteiger charge is -2.13. The largest absolute Gasteiger partial charge is 0.494 e. The van der Waals surface area contributed by atoms with E-state index in [-0.39, 0.29) is 11.3 Å². The zero-order valence-electron chi connectivity index (χ0n) is 14.1. The van der Waals surface area contributed by atoms with Crippen molar-refractivity contribution in [3.63, 3.8) is 0 Å². The van der Waals surface area contributed by atoms with Gasteiger partial charge in [0, 0.05) is 11.5 Å². The molecule has 2 rings (SSSR count). The van der Waals surface area contributed by atoms with Gasteiger partial charge < -0.3 is 19.2 Å². The van der Waals surface area contributed by atoms with E-state index >= 15 is 0 Å². The molecule has 0 unspecified atom stereocenters. The molecule has 1 N–H and O–H groups in total. The maximum Gasteiger partial charge on any atom is 0.294 e. The van der Waals surface area contributed by atoms with Crippen LogP contribution in [0.2, 0.25) is 0 Å². The number of rotatable bonds is 9. The monoisotopic (exact) mass is 319 g/mol. The van der Waals surface area contributed by atoms with E-state index in [2.05, 4.69) is 18.8 Å². The molecule has 0 saturated heterocycles. The van der Waals surface area contributed by atoms with E-state index in [1.165, 1.54) is 0 Å². The Morgan fingerprint density at radius 1 is 1.00 bits per heavy atom. The summed E-state index contributed by atoms with van der Waals surface area (Å²) < 4.78 is 16.7. The molecule has 5 heteroatoms. The van der Waals surface area contributed by atoms with Crippen molar-refractivity contribution < 1.29 is 14.2 Å². The Bertz CT molecular complexity index is 693. The van der Waals surface area contributed by atoms with Crippen LogP contribution in [0.1, 0.15) is 39.5 Å². The van der Waals surface area contributed by atoms with Gasteiger partial charge in [-0.1, -0.05) is 26.7 Å². The second-order valence-electron chi connectivity index (χ2n) is 5.43. The van der Waals surface area contributed by atoms with Crippen LogP contribution in [-0.2, 0) is 0 Å². The summed E-state index contributed by atoms with van der Waals surface area (Å²) in [5.41, 5.74) is 0.403. The van der Waals surface area contributed by atoms with Crippen molar-refractivity contribution in [3.8, 4) is 17.2 Å². The smallest absolute Gasteiger partial charge is 0.294 e. The van der Waals surface area contributed by atoms with Crippen LogP contribution in [0.3, 0.4) is 0 Å². The number of benzene rings is 1. The molecule has 5 nitrogen and oxygen atoms in total. The van der Waals surface area contributed by atoms with Gasteiger partial charge in [0.2, 0.25) is 5.75 Å². The topological polar surface area (TPSA) is 60.6 Å². The lowest BCUT2D eigenvalue weighted by atomic mass is 10.2. The van der Waals surface area contributed by atoms with Gasteiger partial charge in [-0.2, -0.15) is 0 Å². The van der Waals surface area contributed by atoms with E-state index < -0.39 is 0 Å². The second kappa shape index (κ2) is 8.46. The number of aromatic nitrogens is 1. The predicted octanol–water partition coefficient (Wildman–Crippen LogP) is 3.89. The third-order valence-electron chi connectivity index (χ3n) is 3.61. The second-order valence-corrected chi connectivity index (χ2v) is 5.43. The summed E-state index contributed by atoms with van der Waals surface area (Å²) in [6, 6.07) is 5.59. The lowest BCUT2D eigenvalue weighted by Crippen LogP contribution is -2.14. The molecular weight excluding hydrogens is 294 g/mol. The number of hydrogen-bond donors (Lipinski definition) is 1. The van der Waals surface area contributed by atoms with Gasteiger partial charge in [-0.15, -0.1) is 0 Å². The van der Waals surface area contributed by atoms with Crippen molar-refractivity contribution in [3.05, 3.63) is 28.6 Å². The summed E-state index contributed by atoms with van der Waals surface area (Å²) in [6.07, 6.45) is 3.98. The first-order chi connectivity index (χ1) is 11.2. The minimum absolute atomic E-state index is 0.244. The zero-order valence-corrected chi connectivity index (χ0v) is 14.1. The minimum atomic E-state index is -0.281. The molecule has 0 spiro atoms. The number of unbranched alkanes of at least 4 members (excludes halogenated alkanes) is 2. The highest BCUT2D eigenvalue weighted by atomic mass is 16.5. The molecule has 0 radical (unpaired) electrons. The van der Waals surface area contributed by atoms with Gasteiger partial charge in [0.05, 0.1) is 25.8 Å². The summed E-state index contributed by atoms with van der Waals surface area (Å²) in [7, 11) is 1.55. The van der Waals surface area contributed by atoms with Crippen molar-refractivity contribution in [1.82, 2.24) is 4.98 Å². The van der Waals surface area contributed by atoms with Crippen LogP contribution in [-0.4, -0.2) is 25.3 Å². The maximum absolute atomic E-state index is 12.3. The van der Waals surface area contributed by atoms with Crippen molar-refractivity contribution in [2.24, 2.45) is 0 Å². The summed E-state index contributed by atoms with van der Waals surface area (Å²) >= 11 is 0. The van der Waals surface area contributed by atoms with Crippen LogP contribution >= 0.6 is 0 Å². The molecular formula is C18H25NO4. The van der Waals surface area contributed by atoms with E-state index in [9.17, 15) is 4.79 Å². The van der Waals surface area contributed by atoms with Gasteiger partial charge in [0.15, 0.2) is 5.75 Å². The summed E-state index contributed by atoms with van der Waals surface area (Å²) in [4.78, 5) is 15.1. The Kier molecular flexibility index (Phi) is 6.32. The van der Waals surface area contributed by atoms with Crippen molar-refractivity contribution >= 4 is 10.9 Å². The Labute approximate surface area is 136 Å². The molecule has 0 amide bonds. The third-order valence-corrected chi connectivity index (χ3v) is 3.61. The van der Waals surface area contributed by atoms with E-state index in [1.54, 1.807) is 7.11 Å². The Hall–Kier alpha value is -2.17. The highest BCUT2D eigenvalue weighted by molar-refractivity contribution is 5.88. The van der Waals surface area contributed by atoms with E-state index in [0.29, 0.717) is 24.5 Å². The van der Waals surface area contributed by atoms with Crippen LogP contribution in [0, 0.1) is 0 Å². The van der Waals surface area contributed by atoms with Gasteiger partial charge in [-0.25, -0.2) is 0 Å². The van der Waals surface area contributed by atoms with Crippen LogP contribution in [0.5, 0.6) is 17.2 Å². The lowest BCUT2D eigenvalue weighted by molar-refractivity contribution is 0.285. The standard InChI is InChI=1S/C18H25NO4/c1-4-6-10-22-13-8-9-14-15(12-13)19-18(20)17(16(14)21-3)23-11-7-5-2/h8-9,12H,4-7,10-11H2,1-3H3,(H,19,20). The first kappa shape index (κ1) is 17.2. The average molecular weight is 319 g/mol. The molecule has 0 aliphatic heterocycles. The third kappa shape index (κ3) is 4.18. The normalized spacial score (nSPS) is 10.7. The SMILES string of the molecule is CCCCOc1ccc2c(OC)c(OCCCC)c(=O)[nH]c2c1. The fourth-order valence-corrected chi connectivity index (χ4v) is 2.31. The summed E-state index contributed by atoms with van der Waals surface area (Å²) in [6.45, 7) is 5.36. The zero-order chi connectivity index (χ0) is 16.7. The molecule has 126 valence electrons. The van der Waals surface area contributed by atoms with Gasteiger partial charge >= 0.3 is 0 Å². The number of fused-ring (bicyclic) bond motifs is 1. The molecule has 0 bridgehead atoms. The van der Waals surface area contributed by atoms with Crippen molar-refractivity contribution in [2.75, 3.05) is 20.3 Å². The van der Waals surface area contributed by atoms with Crippen LogP contribution in [0.15, 0.2) is 23.0 Å². The Balaban J connectivity index is 2.35. The van der Waals surface area contributed by atoms with Crippen molar-refractivity contribution in [1.29, 1.82) is 0 Å². The van der Waals surface area contributed by atoms with Gasteiger partial charge in [0.25, 0.3) is 5.56 Å². The fraction of sp³-hybridized carbons (Fsp3) is 0.500. The quantitative estimate of drug-likeness (QED) is 0.712. The molecule has 1 aromatic heterocycles. The first-order valence-corrected chi connectivity index (χ1v) is 8.20. The van der Waals surface area contributed by atoms with Crippen molar-refractivity contribution in [2.45, 2.75) is 39.5 Å². The summed E-state index contributed by atoms with van der Waals surface area (Å²) in [5, 5.41) is 0.807. The molecule has 0 fully saturated rings. The molecule has 23 heavy (non-hydrogen) atoms. The maximum atomic E-state index is 12.3. The first-order valence-electron chi connectivity index (χ1n) is 8.20. The van der Waals surface area contributed by atoms with Gasteiger partial charge in [-0.3, -0.25) is 4.79 Å². The number of ether oxygens (including phenoxy) is 3. The molecule has 0 saturated carbocycles. The molecule has 0 atom stereocenters. The van der Waals surface area contributed by atoms with Gasteiger partial charge in [-0.05, 0) is 25.0 Å². The molecule has 2 aromatic rings. The molecule has 0 aliphatic carbocycles. The number of pyridine rings is 1. The van der Waals surface area contributed by atoms with Gasteiger partial charge in [0.1, 0.15) is 5.75 Å². The number of methoxy groups -OCH3 is 1. The number of hydrogen-bond acceptors (Lipinski definition) is 4. The van der Waals surface area contributed by atoms with Crippen LogP contribution in [0.4, 0.5) is 0 Å². The predicted molar refractivity (Wildman–Crippen MR) is 91.9 cm³/mol. The highest BCUT2D eigenvalue weighted by Crippen LogP contribution is 2.33. The minimum Gasteiger partial charge on any atom is -0.494 e. The van der Waals surface area contributed by atoms with E-state index in [1.807, 2.05) is 18.2 Å². The fourth-order valence-electron chi connectivity index (χ4n) is 2.31. The van der Waals surface area contributed by atoms with Crippen LogP contribution < -0.4 is 19.8 Å². The van der Waals surface area contributed by atoms with Crippen LogP contribution in [0.25, 0.3) is 10.9 Å². The Morgan fingerprint density at radius 2 is 1.70 bits per heavy atom. The van der Waals surface area contributed by atoms with E-state index in [0.717, 1.165) is 36.8 Å². The number of nitrogens with one attached hydrogen (secondary N) is 1. The highest BCUT2D eigenvalue weighted by Gasteiger charge is 2.15. The Morgan fingerprint density at radius 3 is 2.35 bits per heavy atom. The molecule has 1 heterocycles. The number of aromatic amines is 1. The average Bonchev–Trinajstić information content (AvgIpc) is 2.55. The number of H-pyrrole nitrogens is 1.